The number of para-hydroxylation sites is 1. The van der Waals surface area contributed by atoms with Crippen LogP contribution in [0.15, 0.2) is 89.8 Å². The standard InChI is InChI=1S/C31H26N2O5S/c1-20-8-3-6-13-25(20)32-29(34)18-33-30(35)28(39-31(33)36)17-21-14-15-26(27(16-21)37-2)38-19-23-11-7-10-22-9-4-5-12-24(22)23/h3-17H,18-19H2,1-2H3,(H,32,34)/b28-17+. The van der Waals surface area contributed by atoms with Crippen molar-refractivity contribution in [2.45, 2.75) is 13.5 Å². The van der Waals surface area contributed by atoms with E-state index < -0.39 is 17.1 Å². The number of carbonyl (C=O) groups excluding carboxylic acids is 3. The van der Waals surface area contributed by atoms with Gasteiger partial charge in [-0.05, 0) is 70.4 Å². The van der Waals surface area contributed by atoms with E-state index in [0.29, 0.717) is 29.4 Å². The van der Waals surface area contributed by atoms with Gasteiger partial charge in [-0.2, -0.15) is 0 Å². The molecule has 1 aliphatic rings. The maximum atomic E-state index is 12.9. The molecule has 0 radical (unpaired) electrons. The first-order chi connectivity index (χ1) is 18.9. The number of anilines is 1. The van der Waals surface area contributed by atoms with Crippen LogP contribution in [0.2, 0.25) is 0 Å². The molecule has 1 N–H and O–H groups in total. The van der Waals surface area contributed by atoms with E-state index >= 15 is 0 Å². The largest absolute Gasteiger partial charge is 0.493 e. The maximum Gasteiger partial charge on any atom is 0.294 e. The van der Waals surface area contributed by atoms with Crippen molar-refractivity contribution in [3.63, 3.8) is 0 Å². The van der Waals surface area contributed by atoms with E-state index in [2.05, 4.69) is 23.5 Å². The van der Waals surface area contributed by atoms with Crippen LogP contribution >= 0.6 is 11.8 Å². The van der Waals surface area contributed by atoms with Crippen LogP contribution in [-0.4, -0.2) is 35.6 Å². The van der Waals surface area contributed by atoms with Gasteiger partial charge in [0.1, 0.15) is 13.2 Å². The molecule has 5 rings (SSSR count). The highest BCUT2D eigenvalue weighted by molar-refractivity contribution is 8.18. The number of aryl methyl sites for hydroxylation is 1. The molecule has 7 nitrogen and oxygen atoms in total. The fraction of sp³-hybridized carbons (Fsp3) is 0.129. The summed E-state index contributed by atoms with van der Waals surface area (Å²) in [5.74, 6) is 0.104. The molecule has 1 fully saturated rings. The summed E-state index contributed by atoms with van der Waals surface area (Å²) >= 11 is 0.801. The van der Waals surface area contributed by atoms with Crippen molar-refractivity contribution in [3.8, 4) is 11.5 Å². The number of ether oxygens (including phenoxy) is 2. The summed E-state index contributed by atoms with van der Waals surface area (Å²) in [6, 6.07) is 26.8. The Hall–Kier alpha value is -4.56. The average Bonchev–Trinajstić information content (AvgIpc) is 3.20. The van der Waals surface area contributed by atoms with Crippen LogP contribution in [0.5, 0.6) is 11.5 Å². The summed E-state index contributed by atoms with van der Waals surface area (Å²) in [5.41, 5.74) is 3.25. The van der Waals surface area contributed by atoms with Crippen LogP contribution in [0.25, 0.3) is 16.8 Å². The molecule has 1 aliphatic heterocycles. The van der Waals surface area contributed by atoms with Gasteiger partial charge in [0.2, 0.25) is 5.91 Å². The van der Waals surface area contributed by atoms with E-state index in [4.69, 9.17) is 9.47 Å². The molecule has 1 saturated heterocycles. The van der Waals surface area contributed by atoms with Crippen LogP contribution in [0.1, 0.15) is 16.7 Å². The third kappa shape index (κ3) is 5.81. The second kappa shape index (κ2) is 11.4. The van der Waals surface area contributed by atoms with Crippen LogP contribution in [0.3, 0.4) is 0 Å². The van der Waals surface area contributed by atoms with Gasteiger partial charge in [-0.3, -0.25) is 19.3 Å². The van der Waals surface area contributed by atoms with E-state index in [-0.39, 0.29) is 11.4 Å². The molecule has 8 heteroatoms. The monoisotopic (exact) mass is 538 g/mol. The highest BCUT2D eigenvalue weighted by Gasteiger charge is 2.36. The number of fused-ring (bicyclic) bond motifs is 1. The Kier molecular flexibility index (Phi) is 7.65. The molecule has 0 aliphatic carbocycles. The van der Waals surface area contributed by atoms with E-state index in [9.17, 15) is 14.4 Å². The lowest BCUT2D eigenvalue weighted by atomic mass is 10.1. The zero-order chi connectivity index (χ0) is 27.4. The fourth-order valence-electron chi connectivity index (χ4n) is 4.30. The number of hydrogen-bond donors (Lipinski definition) is 1. The lowest BCUT2D eigenvalue weighted by Crippen LogP contribution is -2.36. The van der Waals surface area contributed by atoms with Crippen molar-refractivity contribution < 1.29 is 23.9 Å². The van der Waals surface area contributed by atoms with Gasteiger partial charge in [0.15, 0.2) is 11.5 Å². The van der Waals surface area contributed by atoms with Gasteiger partial charge >= 0.3 is 0 Å². The first kappa shape index (κ1) is 26.1. The van der Waals surface area contributed by atoms with Crippen molar-refractivity contribution in [1.82, 2.24) is 4.90 Å². The topological polar surface area (TPSA) is 84.9 Å². The van der Waals surface area contributed by atoms with E-state index in [1.165, 1.54) is 0 Å². The fourth-order valence-corrected chi connectivity index (χ4v) is 5.14. The number of methoxy groups -OCH3 is 1. The van der Waals surface area contributed by atoms with Gasteiger partial charge in [-0.25, -0.2) is 0 Å². The quantitative estimate of drug-likeness (QED) is 0.261. The minimum atomic E-state index is -0.514. The molecular weight excluding hydrogens is 512 g/mol. The average molecular weight is 539 g/mol. The number of thioether (sulfide) groups is 1. The number of benzene rings is 4. The van der Waals surface area contributed by atoms with Crippen molar-refractivity contribution in [3.05, 3.63) is 107 Å². The summed E-state index contributed by atoms with van der Waals surface area (Å²) in [5, 5.41) is 4.53. The normalized spacial score (nSPS) is 14.2. The Balaban J connectivity index is 1.27. The number of amides is 3. The van der Waals surface area contributed by atoms with Crippen molar-refractivity contribution >= 4 is 51.4 Å². The van der Waals surface area contributed by atoms with Crippen molar-refractivity contribution in [1.29, 1.82) is 0 Å². The van der Waals surface area contributed by atoms with Crippen LogP contribution in [0.4, 0.5) is 10.5 Å². The van der Waals surface area contributed by atoms with Gasteiger partial charge in [0.05, 0.1) is 12.0 Å². The third-order valence-corrected chi connectivity index (χ3v) is 7.25. The molecule has 0 saturated carbocycles. The lowest BCUT2D eigenvalue weighted by Gasteiger charge is -2.13. The summed E-state index contributed by atoms with van der Waals surface area (Å²) in [6.07, 6.45) is 1.61. The number of nitrogens with one attached hydrogen (secondary N) is 1. The summed E-state index contributed by atoms with van der Waals surface area (Å²) < 4.78 is 11.6. The van der Waals surface area contributed by atoms with Gasteiger partial charge in [0, 0.05) is 5.69 Å². The van der Waals surface area contributed by atoms with Crippen LogP contribution < -0.4 is 14.8 Å². The van der Waals surface area contributed by atoms with Gasteiger partial charge in [0.25, 0.3) is 11.1 Å². The smallest absolute Gasteiger partial charge is 0.294 e. The van der Waals surface area contributed by atoms with Gasteiger partial charge in [-0.15, -0.1) is 0 Å². The molecule has 196 valence electrons. The predicted molar refractivity (Wildman–Crippen MR) is 154 cm³/mol. The molecule has 1 heterocycles. The zero-order valence-corrected chi connectivity index (χ0v) is 22.3. The highest BCUT2D eigenvalue weighted by atomic mass is 32.2. The molecule has 4 aromatic carbocycles. The summed E-state index contributed by atoms with van der Waals surface area (Å²) in [6.45, 7) is 1.87. The number of imide groups is 1. The van der Waals surface area contributed by atoms with Crippen molar-refractivity contribution in [2.75, 3.05) is 19.0 Å². The van der Waals surface area contributed by atoms with E-state index in [1.54, 1.807) is 43.5 Å². The third-order valence-electron chi connectivity index (χ3n) is 6.34. The predicted octanol–water partition coefficient (Wildman–Crippen LogP) is 6.41. The van der Waals surface area contributed by atoms with E-state index in [1.807, 2.05) is 43.3 Å². The number of carbonyl (C=O) groups is 3. The summed E-state index contributed by atoms with van der Waals surface area (Å²) in [7, 11) is 1.55. The molecule has 0 aromatic heterocycles. The van der Waals surface area contributed by atoms with Crippen molar-refractivity contribution in [2.24, 2.45) is 0 Å². The van der Waals surface area contributed by atoms with Crippen LogP contribution in [-0.2, 0) is 16.2 Å². The summed E-state index contributed by atoms with van der Waals surface area (Å²) in [4.78, 5) is 39.2. The SMILES string of the molecule is COc1cc(/C=C2/SC(=O)N(CC(=O)Nc3ccccc3C)C2=O)ccc1OCc1cccc2ccccc12. The first-order valence-corrected chi connectivity index (χ1v) is 13.1. The Bertz CT molecular complexity index is 1610. The Morgan fingerprint density at radius 1 is 0.949 bits per heavy atom. The number of hydrogen-bond acceptors (Lipinski definition) is 6. The molecule has 0 bridgehead atoms. The maximum absolute atomic E-state index is 12.9. The Morgan fingerprint density at radius 2 is 1.72 bits per heavy atom. The second-order valence-corrected chi connectivity index (χ2v) is 9.96. The second-order valence-electron chi connectivity index (χ2n) is 8.97. The molecular formula is C31H26N2O5S. The minimum Gasteiger partial charge on any atom is -0.493 e. The molecule has 0 atom stereocenters. The zero-order valence-electron chi connectivity index (χ0n) is 21.5. The van der Waals surface area contributed by atoms with Gasteiger partial charge in [-0.1, -0.05) is 66.7 Å². The number of rotatable bonds is 8. The highest BCUT2D eigenvalue weighted by Crippen LogP contribution is 2.35. The Labute approximate surface area is 230 Å². The first-order valence-electron chi connectivity index (χ1n) is 12.3. The molecule has 0 spiro atoms. The Morgan fingerprint density at radius 3 is 2.54 bits per heavy atom. The number of nitrogens with zero attached hydrogens (tertiary/aromatic N) is 1. The molecule has 4 aromatic rings. The lowest BCUT2D eigenvalue weighted by molar-refractivity contribution is -0.127. The molecule has 3 amide bonds. The van der Waals surface area contributed by atoms with Gasteiger partial charge < -0.3 is 14.8 Å². The minimum absolute atomic E-state index is 0.232. The van der Waals surface area contributed by atoms with Crippen LogP contribution in [0, 0.1) is 6.92 Å². The molecule has 39 heavy (non-hydrogen) atoms. The molecule has 0 unspecified atom stereocenters. The van der Waals surface area contributed by atoms with E-state index in [0.717, 1.165) is 38.6 Å².